The minimum absolute atomic E-state index is 0.164. The van der Waals surface area contributed by atoms with Crippen LogP contribution in [0, 0.1) is 5.41 Å². The molecule has 0 aromatic carbocycles. The number of unbranched alkanes of at least 4 members (excludes halogenated alkanes) is 1. The Labute approximate surface area is 81.8 Å². The number of rotatable bonds is 8. The minimum atomic E-state index is 0.164. The van der Waals surface area contributed by atoms with E-state index in [1.54, 1.807) is 0 Å². The first-order valence-electron chi connectivity index (χ1n) is 5.16. The Hall–Kier alpha value is -0.340. The van der Waals surface area contributed by atoms with Crippen molar-refractivity contribution < 1.29 is 5.11 Å². The van der Waals surface area contributed by atoms with Crippen LogP contribution in [0.1, 0.15) is 39.0 Å². The SMILES string of the molecule is C=CCCCC(CC)(CN)CCO. The predicted octanol–water partition coefficient (Wildman–Crippen LogP) is 2.08. The average molecular weight is 185 g/mol. The Morgan fingerprint density at radius 1 is 1.46 bits per heavy atom. The average Bonchev–Trinajstić information content (AvgIpc) is 2.17. The van der Waals surface area contributed by atoms with E-state index in [1.807, 2.05) is 6.08 Å². The molecule has 0 aromatic rings. The summed E-state index contributed by atoms with van der Waals surface area (Å²) in [5, 5.41) is 8.94. The zero-order valence-electron chi connectivity index (χ0n) is 8.76. The molecule has 0 aliphatic carbocycles. The maximum atomic E-state index is 8.94. The normalized spacial score (nSPS) is 15.3. The molecular formula is C11H23NO. The van der Waals surface area contributed by atoms with Crippen molar-refractivity contribution in [3.05, 3.63) is 12.7 Å². The lowest BCUT2D eigenvalue weighted by molar-refractivity contribution is 0.167. The Morgan fingerprint density at radius 2 is 2.15 bits per heavy atom. The second kappa shape index (κ2) is 7.10. The third kappa shape index (κ3) is 4.44. The summed E-state index contributed by atoms with van der Waals surface area (Å²) in [5.41, 5.74) is 5.91. The van der Waals surface area contributed by atoms with E-state index in [4.69, 9.17) is 10.8 Å². The summed E-state index contributed by atoms with van der Waals surface area (Å²) in [6, 6.07) is 0. The molecule has 0 fully saturated rings. The summed E-state index contributed by atoms with van der Waals surface area (Å²) in [4.78, 5) is 0. The van der Waals surface area contributed by atoms with Crippen LogP contribution in [0.25, 0.3) is 0 Å². The van der Waals surface area contributed by atoms with Crippen LogP contribution in [-0.2, 0) is 0 Å². The molecule has 0 radical (unpaired) electrons. The molecule has 0 heterocycles. The van der Waals surface area contributed by atoms with Gasteiger partial charge >= 0.3 is 0 Å². The van der Waals surface area contributed by atoms with Gasteiger partial charge in [0.25, 0.3) is 0 Å². The number of aliphatic hydroxyl groups excluding tert-OH is 1. The smallest absolute Gasteiger partial charge is 0.0436 e. The van der Waals surface area contributed by atoms with Crippen LogP contribution in [0.2, 0.25) is 0 Å². The summed E-state index contributed by atoms with van der Waals surface area (Å²) in [6.45, 7) is 6.78. The Balaban J connectivity index is 3.96. The fourth-order valence-corrected chi connectivity index (χ4v) is 1.69. The third-order valence-corrected chi connectivity index (χ3v) is 2.94. The summed E-state index contributed by atoms with van der Waals surface area (Å²) >= 11 is 0. The van der Waals surface area contributed by atoms with Crippen molar-refractivity contribution in [1.29, 1.82) is 0 Å². The second-order valence-electron chi connectivity index (χ2n) is 3.71. The van der Waals surface area contributed by atoms with E-state index >= 15 is 0 Å². The molecule has 1 atom stereocenters. The van der Waals surface area contributed by atoms with Crippen LogP contribution in [0.3, 0.4) is 0 Å². The Bertz CT molecular complexity index is 130. The van der Waals surface area contributed by atoms with E-state index in [2.05, 4.69) is 13.5 Å². The van der Waals surface area contributed by atoms with E-state index in [1.165, 1.54) is 0 Å². The van der Waals surface area contributed by atoms with Crippen LogP contribution in [0.15, 0.2) is 12.7 Å². The van der Waals surface area contributed by atoms with Crippen molar-refractivity contribution >= 4 is 0 Å². The van der Waals surface area contributed by atoms with Crippen LogP contribution < -0.4 is 5.73 Å². The van der Waals surface area contributed by atoms with E-state index < -0.39 is 0 Å². The van der Waals surface area contributed by atoms with E-state index in [-0.39, 0.29) is 12.0 Å². The molecule has 78 valence electrons. The van der Waals surface area contributed by atoms with Gasteiger partial charge in [0, 0.05) is 6.61 Å². The van der Waals surface area contributed by atoms with Crippen molar-refractivity contribution in [2.75, 3.05) is 13.2 Å². The van der Waals surface area contributed by atoms with Gasteiger partial charge in [-0.15, -0.1) is 6.58 Å². The maximum Gasteiger partial charge on any atom is 0.0436 e. The predicted molar refractivity (Wildman–Crippen MR) is 57.5 cm³/mol. The fraction of sp³-hybridized carbons (Fsp3) is 0.818. The Morgan fingerprint density at radius 3 is 2.54 bits per heavy atom. The van der Waals surface area contributed by atoms with Gasteiger partial charge in [-0.25, -0.2) is 0 Å². The van der Waals surface area contributed by atoms with Crippen molar-refractivity contribution in [1.82, 2.24) is 0 Å². The van der Waals surface area contributed by atoms with Gasteiger partial charge < -0.3 is 10.8 Å². The van der Waals surface area contributed by atoms with E-state index in [9.17, 15) is 0 Å². The summed E-state index contributed by atoms with van der Waals surface area (Å²) in [7, 11) is 0. The number of allylic oxidation sites excluding steroid dienone is 1. The molecule has 13 heavy (non-hydrogen) atoms. The van der Waals surface area contributed by atoms with E-state index in [0.29, 0.717) is 6.54 Å². The van der Waals surface area contributed by atoms with Gasteiger partial charge in [0.1, 0.15) is 0 Å². The first-order valence-corrected chi connectivity index (χ1v) is 5.16. The van der Waals surface area contributed by atoms with Crippen LogP contribution in [0.4, 0.5) is 0 Å². The molecule has 0 rings (SSSR count). The number of hydrogen-bond donors (Lipinski definition) is 2. The standard InChI is InChI=1S/C11H23NO/c1-3-5-6-7-11(4-2,10-12)8-9-13/h3,13H,1,4-10,12H2,2H3. The number of aliphatic hydroxyl groups is 1. The molecule has 0 amide bonds. The zero-order chi connectivity index (χ0) is 10.2. The van der Waals surface area contributed by atoms with Crippen molar-refractivity contribution in [2.24, 2.45) is 11.1 Å². The summed E-state index contributed by atoms with van der Waals surface area (Å²) in [5.74, 6) is 0. The second-order valence-corrected chi connectivity index (χ2v) is 3.71. The first-order chi connectivity index (χ1) is 6.24. The fourth-order valence-electron chi connectivity index (χ4n) is 1.69. The number of nitrogens with two attached hydrogens (primary N) is 1. The maximum absolute atomic E-state index is 8.94. The largest absolute Gasteiger partial charge is 0.396 e. The summed E-state index contributed by atoms with van der Waals surface area (Å²) < 4.78 is 0. The highest BCUT2D eigenvalue weighted by atomic mass is 16.3. The molecule has 1 unspecified atom stereocenters. The monoisotopic (exact) mass is 185 g/mol. The first kappa shape index (κ1) is 12.7. The van der Waals surface area contributed by atoms with Gasteiger partial charge in [0.15, 0.2) is 0 Å². The van der Waals surface area contributed by atoms with Gasteiger partial charge in [-0.1, -0.05) is 13.0 Å². The molecule has 2 heteroatoms. The lowest BCUT2D eigenvalue weighted by Crippen LogP contribution is -2.31. The topological polar surface area (TPSA) is 46.2 Å². The van der Waals surface area contributed by atoms with Gasteiger partial charge in [-0.05, 0) is 44.1 Å². The lowest BCUT2D eigenvalue weighted by Gasteiger charge is -2.30. The van der Waals surface area contributed by atoms with Crippen LogP contribution in [0.5, 0.6) is 0 Å². The highest BCUT2D eigenvalue weighted by Crippen LogP contribution is 2.31. The molecule has 3 N–H and O–H groups in total. The quantitative estimate of drug-likeness (QED) is 0.449. The molecule has 0 aliphatic rings. The molecule has 0 spiro atoms. The van der Waals surface area contributed by atoms with Gasteiger partial charge in [-0.3, -0.25) is 0 Å². The van der Waals surface area contributed by atoms with Crippen LogP contribution >= 0.6 is 0 Å². The van der Waals surface area contributed by atoms with Gasteiger partial charge in [0.05, 0.1) is 0 Å². The van der Waals surface area contributed by atoms with Crippen molar-refractivity contribution in [3.8, 4) is 0 Å². The summed E-state index contributed by atoms with van der Waals surface area (Å²) in [6.07, 6.45) is 7.11. The molecule has 0 aromatic heterocycles. The highest BCUT2D eigenvalue weighted by molar-refractivity contribution is 4.80. The molecule has 2 nitrogen and oxygen atoms in total. The highest BCUT2D eigenvalue weighted by Gasteiger charge is 2.24. The van der Waals surface area contributed by atoms with E-state index in [0.717, 1.165) is 32.1 Å². The molecule has 0 aliphatic heterocycles. The third-order valence-electron chi connectivity index (χ3n) is 2.94. The molecule has 0 saturated carbocycles. The zero-order valence-corrected chi connectivity index (χ0v) is 8.76. The minimum Gasteiger partial charge on any atom is -0.396 e. The molecule has 0 saturated heterocycles. The van der Waals surface area contributed by atoms with Crippen LogP contribution in [-0.4, -0.2) is 18.3 Å². The van der Waals surface area contributed by atoms with Gasteiger partial charge in [-0.2, -0.15) is 0 Å². The van der Waals surface area contributed by atoms with Gasteiger partial charge in [0.2, 0.25) is 0 Å². The van der Waals surface area contributed by atoms with Crippen molar-refractivity contribution in [2.45, 2.75) is 39.0 Å². The Kier molecular flexibility index (Phi) is 6.92. The molecular weight excluding hydrogens is 162 g/mol. The molecule has 0 bridgehead atoms. The lowest BCUT2D eigenvalue weighted by atomic mass is 9.77. The number of hydrogen-bond acceptors (Lipinski definition) is 2. The van der Waals surface area contributed by atoms with Crippen molar-refractivity contribution in [3.63, 3.8) is 0 Å².